The lowest BCUT2D eigenvalue weighted by atomic mass is 10.2. The zero-order valence-electron chi connectivity index (χ0n) is 6.85. The van der Waals surface area contributed by atoms with Crippen molar-refractivity contribution in [1.29, 1.82) is 0 Å². The Morgan fingerprint density at radius 2 is 2.46 bits per heavy atom. The largest absolute Gasteiger partial charge is 0.476 e. The second kappa shape index (κ2) is 3.90. The molecule has 0 saturated heterocycles. The van der Waals surface area contributed by atoms with Crippen molar-refractivity contribution in [3.8, 4) is 0 Å². The van der Waals surface area contributed by atoms with Crippen molar-refractivity contribution in [3.05, 3.63) is 17.0 Å². The third-order valence-corrected chi connectivity index (χ3v) is 2.04. The molecule has 1 aromatic heterocycles. The van der Waals surface area contributed by atoms with Crippen LogP contribution in [-0.4, -0.2) is 23.9 Å². The number of rotatable bonds is 3. The van der Waals surface area contributed by atoms with Gasteiger partial charge in [0.15, 0.2) is 5.71 Å². The average Bonchev–Trinajstić information content (AvgIpc) is 2.46. The Hall–Kier alpha value is -1.56. The van der Waals surface area contributed by atoms with Crippen molar-refractivity contribution >= 4 is 28.0 Å². The second-order valence-corrected chi connectivity index (χ2v) is 3.11. The fourth-order valence-electron chi connectivity index (χ4n) is 0.784. The molecular weight excluding hydrogens is 192 g/mol. The summed E-state index contributed by atoms with van der Waals surface area (Å²) in [6.07, 6.45) is 0. The van der Waals surface area contributed by atoms with E-state index in [0.717, 1.165) is 0 Å². The van der Waals surface area contributed by atoms with Crippen molar-refractivity contribution in [1.82, 2.24) is 0 Å². The lowest BCUT2D eigenvalue weighted by Crippen LogP contribution is -2.13. The van der Waals surface area contributed by atoms with E-state index in [1.165, 1.54) is 24.5 Å². The van der Waals surface area contributed by atoms with Gasteiger partial charge in [0.2, 0.25) is 0 Å². The molecule has 3 N–H and O–H groups in total. The van der Waals surface area contributed by atoms with Crippen molar-refractivity contribution in [2.45, 2.75) is 0 Å². The second-order valence-electron chi connectivity index (χ2n) is 2.17. The van der Waals surface area contributed by atoms with Gasteiger partial charge in [-0.25, -0.2) is 4.79 Å². The lowest BCUT2D eigenvalue weighted by molar-refractivity contribution is -0.129. The van der Waals surface area contributed by atoms with Gasteiger partial charge in [-0.2, -0.15) is 0 Å². The van der Waals surface area contributed by atoms with Crippen molar-refractivity contribution in [2.75, 3.05) is 12.8 Å². The number of nitrogen functional groups attached to an aromatic ring is 1. The van der Waals surface area contributed by atoms with E-state index in [1.54, 1.807) is 5.38 Å². The molecule has 1 rings (SSSR count). The van der Waals surface area contributed by atoms with E-state index in [0.29, 0.717) is 10.6 Å². The number of carboxylic acid groups (broad SMARTS) is 1. The molecule has 0 atom stereocenters. The van der Waals surface area contributed by atoms with E-state index in [9.17, 15) is 4.79 Å². The summed E-state index contributed by atoms with van der Waals surface area (Å²) in [5.41, 5.74) is 5.75. The SMILES string of the molecule is CO/N=C(\C(=O)O)c1csc(N)c1. The fourth-order valence-corrected chi connectivity index (χ4v) is 1.42. The highest BCUT2D eigenvalue weighted by Gasteiger charge is 2.14. The van der Waals surface area contributed by atoms with Crippen LogP contribution in [0.4, 0.5) is 5.00 Å². The van der Waals surface area contributed by atoms with Crippen LogP contribution >= 0.6 is 11.3 Å². The number of aliphatic carboxylic acids is 1. The maximum atomic E-state index is 10.7. The Labute approximate surface area is 78.4 Å². The van der Waals surface area contributed by atoms with Gasteiger partial charge in [0.1, 0.15) is 7.11 Å². The number of anilines is 1. The average molecular weight is 200 g/mol. The highest BCUT2D eigenvalue weighted by atomic mass is 32.1. The van der Waals surface area contributed by atoms with Crippen molar-refractivity contribution in [2.24, 2.45) is 5.16 Å². The van der Waals surface area contributed by atoms with Crippen LogP contribution in [0.25, 0.3) is 0 Å². The number of thiophene rings is 1. The van der Waals surface area contributed by atoms with Crippen LogP contribution in [-0.2, 0) is 9.63 Å². The molecule has 13 heavy (non-hydrogen) atoms. The standard InChI is InChI=1S/C7H8N2O3S/c1-12-9-6(7(10)11)4-2-5(8)13-3-4/h2-3H,8H2,1H3,(H,10,11)/b9-6-. The van der Waals surface area contributed by atoms with Gasteiger partial charge >= 0.3 is 5.97 Å². The molecule has 0 aliphatic carbocycles. The van der Waals surface area contributed by atoms with Gasteiger partial charge in [-0.1, -0.05) is 5.16 Å². The number of nitrogens with two attached hydrogens (primary N) is 1. The molecule has 0 saturated carbocycles. The van der Waals surface area contributed by atoms with Gasteiger partial charge in [0.05, 0.1) is 5.00 Å². The van der Waals surface area contributed by atoms with Gasteiger partial charge in [-0.15, -0.1) is 11.3 Å². The first-order valence-electron chi connectivity index (χ1n) is 3.34. The zero-order valence-corrected chi connectivity index (χ0v) is 7.67. The number of oxime groups is 1. The minimum Gasteiger partial charge on any atom is -0.476 e. The first-order valence-corrected chi connectivity index (χ1v) is 4.22. The molecule has 6 heteroatoms. The Kier molecular flexibility index (Phi) is 2.86. The van der Waals surface area contributed by atoms with Gasteiger partial charge in [-0.05, 0) is 6.07 Å². The number of nitrogens with zero attached hydrogens (tertiary/aromatic N) is 1. The molecule has 0 unspecified atom stereocenters. The number of carboxylic acids is 1. The summed E-state index contributed by atoms with van der Waals surface area (Å²) in [7, 11) is 1.29. The summed E-state index contributed by atoms with van der Waals surface area (Å²) in [6.45, 7) is 0. The molecule has 0 fully saturated rings. The van der Waals surface area contributed by atoms with Gasteiger partial charge in [0.25, 0.3) is 0 Å². The Balaban J connectivity index is 3.02. The van der Waals surface area contributed by atoms with E-state index in [4.69, 9.17) is 10.8 Å². The van der Waals surface area contributed by atoms with Crippen molar-refractivity contribution < 1.29 is 14.7 Å². The third-order valence-electron chi connectivity index (χ3n) is 1.28. The summed E-state index contributed by atoms with van der Waals surface area (Å²) in [5, 5.41) is 14.2. The van der Waals surface area contributed by atoms with Crippen LogP contribution in [0.3, 0.4) is 0 Å². The van der Waals surface area contributed by atoms with E-state index < -0.39 is 5.97 Å². The summed E-state index contributed by atoms with van der Waals surface area (Å²) < 4.78 is 0. The summed E-state index contributed by atoms with van der Waals surface area (Å²) in [5.74, 6) is -1.14. The van der Waals surface area contributed by atoms with E-state index in [-0.39, 0.29) is 5.71 Å². The molecule has 5 nitrogen and oxygen atoms in total. The van der Waals surface area contributed by atoms with E-state index in [2.05, 4.69) is 9.99 Å². The van der Waals surface area contributed by atoms with E-state index in [1.807, 2.05) is 0 Å². The van der Waals surface area contributed by atoms with Crippen LogP contribution in [0.1, 0.15) is 5.56 Å². The molecule has 0 aliphatic rings. The summed E-state index contributed by atoms with van der Waals surface area (Å²) >= 11 is 1.25. The maximum absolute atomic E-state index is 10.7. The monoisotopic (exact) mass is 200 g/mol. The molecule has 70 valence electrons. The molecule has 1 aromatic rings. The number of hydrogen-bond donors (Lipinski definition) is 2. The van der Waals surface area contributed by atoms with E-state index >= 15 is 0 Å². The maximum Gasteiger partial charge on any atom is 0.358 e. The Morgan fingerprint density at radius 3 is 2.85 bits per heavy atom. The van der Waals surface area contributed by atoms with Crippen LogP contribution in [0, 0.1) is 0 Å². The number of carbonyl (C=O) groups is 1. The minimum atomic E-state index is -1.14. The highest BCUT2D eigenvalue weighted by Crippen LogP contribution is 2.17. The number of hydrogen-bond acceptors (Lipinski definition) is 5. The summed E-state index contributed by atoms with van der Waals surface area (Å²) in [6, 6.07) is 1.54. The fraction of sp³-hybridized carbons (Fsp3) is 0.143. The van der Waals surface area contributed by atoms with Crippen LogP contribution in [0.15, 0.2) is 16.6 Å². The molecule has 0 aromatic carbocycles. The normalized spacial score (nSPS) is 11.3. The van der Waals surface area contributed by atoms with Crippen LogP contribution in [0.5, 0.6) is 0 Å². The molecule has 1 heterocycles. The molecule has 0 amide bonds. The Bertz CT molecular complexity index is 345. The van der Waals surface area contributed by atoms with Gasteiger partial charge in [-0.3, -0.25) is 0 Å². The van der Waals surface area contributed by atoms with Crippen molar-refractivity contribution in [3.63, 3.8) is 0 Å². The zero-order chi connectivity index (χ0) is 9.84. The lowest BCUT2D eigenvalue weighted by Gasteiger charge is -1.95. The topological polar surface area (TPSA) is 84.9 Å². The first kappa shape index (κ1) is 9.53. The predicted molar refractivity (Wildman–Crippen MR) is 49.9 cm³/mol. The third kappa shape index (κ3) is 2.19. The summed E-state index contributed by atoms with van der Waals surface area (Å²) in [4.78, 5) is 15.1. The molecule has 0 radical (unpaired) electrons. The smallest absolute Gasteiger partial charge is 0.358 e. The molecule has 0 aliphatic heterocycles. The quantitative estimate of drug-likeness (QED) is 0.557. The van der Waals surface area contributed by atoms with Gasteiger partial charge < -0.3 is 15.7 Å². The molecule has 0 bridgehead atoms. The Morgan fingerprint density at radius 1 is 1.77 bits per heavy atom. The van der Waals surface area contributed by atoms with Gasteiger partial charge in [0, 0.05) is 10.9 Å². The first-order chi connectivity index (χ1) is 6.15. The predicted octanol–water partition coefficient (Wildman–Crippen LogP) is 0.765. The van der Waals surface area contributed by atoms with Crippen LogP contribution < -0.4 is 5.73 Å². The molecular formula is C7H8N2O3S. The highest BCUT2D eigenvalue weighted by molar-refractivity contribution is 7.14. The minimum absolute atomic E-state index is 0.143. The molecule has 0 spiro atoms. The van der Waals surface area contributed by atoms with Crippen LogP contribution in [0.2, 0.25) is 0 Å².